The lowest BCUT2D eigenvalue weighted by Gasteiger charge is -2.34. The molecule has 0 spiro atoms. The summed E-state index contributed by atoms with van der Waals surface area (Å²) >= 11 is 6.96. The molecular weight excluding hydrogens is 872 g/mol. The lowest BCUT2D eigenvalue weighted by molar-refractivity contribution is -0.138. The number of methoxy groups -OCH3 is 2. The summed E-state index contributed by atoms with van der Waals surface area (Å²) in [6, 6.07) is 12.8. The number of amides is 4. The van der Waals surface area contributed by atoms with Gasteiger partial charge in [-0.05, 0) is 103 Å². The number of H-pyrrole nitrogens is 2. The van der Waals surface area contributed by atoms with E-state index in [0.717, 1.165) is 113 Å². The number of carbonyl (C=O) groups excluding carboxylic acids is 4. The van der Waals surface area contributed by atoms with Crippen LogP contribution in [-0.4, -0.2) is 92.1 Å². The average Bonchev–Trinajstić information content (AvgIpc) is 4.21. The molecule has 67 heavy (non-hydrogen) atoms. The first kappa shape index (κ1) is 45.0. The second-order valence-corrected chi connectivity index (χ2v) is 20.0. The molecule has 4 N–H and O–H groups in total. The topological polar surface area (TPSA) is 184 Å². The molecular formula is C51H61ClN8O7. The van der Waals surface area contributed by atoms with Crippen molar-refractivity contribution in [3.63, 3.8) is 0 Å². The molecule has 2 aromatic heterocycles. The molecule has 15 nitrogen and oxygen atoms in total. The molecule has 4 amide bonds. The number of benzene rings is 3. The maximum Gasteiger partial charge on any atom is 0.407 e. The first-order valence-corrected chi connectivity index (χ1v) is 24.6. The first-order chi connectivity index (χ1) is 32.4. The number of fused-ring (bicyclic) bond motifs is 8. The minimum absolute atomic E-state index is 0.0675. The van der Waals surface area contributed by atoms with Gasteiger partial charge in [-0.2, -0.15) is 0 Å². The molecule has 3 aliphatic heterocycles. The number of nitrogens with one attached hydrogen (secondary N) is 4. The van der Waals surface area contributed by atoms with Crippen LogP contribution in [0, 0.1) is 23.7 Å². The number of hydrogen-bond acceptors (Lipinski definition) is 9. The Morgan fingerprint density at radius 2 is 1.37 bits per heavy atom. The van der Waals surface area contributed by atoms with Gasteiger partial charge in [0.2, 0.25) is 11.8 Å². The maximum absolute atomic E-state index is 14.5. The predicted molar refractivity (Wildman–Crippen MR) is 254 cm³/mol. The first-order valence-electron chi connectivity index (χ1n) is 24.2. The summed E-state index contributed by atoms with van der Waals surface area (Å²) in [7, 11) is 2.63. The van der Waals surface area contributed by atoms with Crippen LogP contribution in [0.5, 0.6) is 5.75 Å². The van der Waals surface area contributed by atoms with Crippen molar-refractivity contribution in [3.8, 4) is 28.1 Å². The number of aromatic amines is 2. The third-order valence-electron chi connectivity index (χ3n) is 16.0. The summed E-state index contributed by atoms with van der Waals surface area (Å²) in [5, 5.41) is 8.01. The molecule has 354 valence electrons. The summed E-state index contributed by atoms with van der Waals surface area (Å²) < 4.78 is 16.4. The van der Waals surface area contributed by atoms with Crippen LogP contribution in [0.25, 0.3) is 44.2 Å². The summed E-state index contributed by atoms with van der Waals surface area (Å²) in [5.74, 6) is 2.51. The molecule has 2 aliphatic carbocycles. The lowest BCUT2D eigenvalue weighted by atomic mass is 9.92. The van der Waals surface area contributed by atoms with Crippen LogP contribution in [-0.2, 0) is 25.7 Å². The van der Waals surface area contributed by atoms with E-state index < -0.39 is 24.3 Å². The van der Waals surface area contributed by atoms with Gasteiger partial charge < -0.3 is 44.6 Å². The van der Waals surface area contributed by atoms with Gasteiger partial charge in [-0.25, -0.2) is 19.6 Å². The van der Waals surface area contributed by atoms with Crippen molar-refractivity contribution < 1.29 is 33.4 Å². The zero-order valence-corrected chi connectivity index (χ0v) is 39.9. The second kappa shape index (κ2) is 18.0. The molecule has 2 saturated heterocycles. The molecule has 5 aliphatic rings. The SMILES string of the molecule is CC[C@H](C)[C@H](NC(=O)OC)C(=O)N1[C@H](c2nc(Cl)c(-c3ccc4c(c3)COc3cc5c(ccc6nc([C@@H]7C[C@@H]8CCC[C@@H]8N7C(=O)[C@@H](NC(=O)OC)[C@@H](C)CC)[nH]c65)cc3-4)[nH]2)C[C@@H]2CCC[C@@H]21. The van der Waals surface area contributed by atoms with Crippen LogP contribution in [0.4, 0.5) is 9.59 Å². The fraction of sp³-hybridized carbons (Fsp3) is 0.529. The average molecular weight is 934 g/mol. The minimum atomic E-state index is -0.723. The number of hydrogen-bond donors (Lipinski definition) is 4. The summed E-state index contributed by atoms with van der Waals surface area (Å²) in [4.78, 5) is 74.9. The van der Waals surface area contributed by atoms with Crippen LogP contribution < -0.4 is 15.4 Å². The number of ether oxygens (including phenoxy) is 3. The molecule has 10 atom stereocenters. The zero-order chi connectivity index (χ0) is 46.8. The summed E-state index contributed by atoms with van der Waals surface area (Å²) in [6.07, 6.45) is 7.89. The van der Waals surface area contributed by atoms with Crippen LogP contribution >= 0.6 is 11.6 Å². The van der Waals surface area contributed by atoms with Crippen LogP contribution in [0.3, 0.4) is 0 Å². The van der Waals surface area contributed by atoms with E-state index in [4.69, 9.17) is 35.8 Å². The van der Waals surface area contributed by atoms with E-state index in [0.29, 0.717) is 41.5 Å². The Bertz CT molecular complexity index is 2750. The third-order valence-corrected chi connectivity index (χ3v) is 16.3. The Morgan fingerprint density at radius 1 is 0.776 bits per heavy atom. The smallest absolute Gasteiger partial charge is 0.407 e. The van der Waals surface area contributed by atoms with E-state index in [1.165, 1.54) is 14.2 Å². The van der Waals surface area contributed by atoms with Gasteiger partial charge in [0.25, 0.3) is 0 Å². The molecule has 5 aromatic rings. The van der Waals surface area contributed by atoms with Gasteiger partial charge in [0, 0.05) is 28.6 Å². The maximum atomic E-state index is 14.5. The fourth-order valence-corrected chi connectivity index (χ4v) is 12.4. The standard InChI is InChI=1S/C51H61ClN8O7/c1-7-25(3)41(56-50(63)65-5)48(61)59-36-13-9-11-28(36)21-38(59)46-53-35-18-16-27-20-34-32-17-15-30(19-31(32)24-67-40(34)23-33(27)44(35)55-46)43-45(52)58-47(54-43)39-22-29-12-10-14-37(29)60(39)49(62)42(26(4)8-2)57-51(64)66-6/h15-20,23,25-26,28-29,36-39,41-42H,7-14,21-22,24H2,1-6H3,(H,53,55)(H,54,58)(H,56,63)(H,57,64)/t25-,26-,28-,29-,36-,37-,38-,39-,41-,42-/m0/s1. The number of likely N-dealkylation sites (tertiary alicyclic amines) is 2. The van der Waals surface area contributed by atoms with Crippen molar-refractivity contribution in [2.75, 3.05) is 14.2 Å². The fourth-order valence-electron chi connectivity index (χ4n) is 12.1. The quantitative estimate of drug-likeness (QED) is 0.100. The van der Waals surface area contributed by atoms with Crippen molar-refractivity contribution in [2.45, 2.75) is 135 Å². The summed E-state index contributed by atoms with van der Waals surface area (Å²) in [5.41, 5.74) is 6.30. The highest BCUT2D eigenvalue weighted by Crippen LogP contribution is 2.50. The van der Waals surface area contributed by atoms with E-state index in [2.05, 4.69) is 50.9 Å². The monoisotopic (exact) mass is 932 g/mol. The van der Waals surface area contributed by atoms with Gasteiger partial charge >= 0.3 is 12.2 Å². The number of halogens is 1. The Balaban J connectivity index is 0.932. The molecule has 3 aromatic carbocycles. The highest BCUT2D eigenvalue weighted by atomic mass is 35.5. The van der Waals surface area contributed by atoms with Gasteiger partial charge in [0.1, 0.15) is 36.1 Å². The Kier molecular flexibility index (Phi) is 12.1. The molecule has 10 rings (SSSR count). The van der Waals surface area contributed by atoms with Gasteiger partial charge in [-0.1, -0.05) is 83.2 Å². The molecule has 4 fully saturated rings. The van der Waals surface area contributed by atoms with E-state index in [-0.39, 0.29) is 47.8 Å². The number of rotatable bonds is 11. The number of alkyl carbamates (subject to hydrolysis) is 2. The summed E-state index contributed by atoms with van der Waals surface area (Å²) in [6.45, 7) is 8.36. The lowest BCUT2D eigenvalue weighted by Crippen LogP contribution is -2.53. The van der Waals surface area contributed by atoms with E-state index >= 15 is 0 Å². The highest BCUT2D eigenvalue weighted by Gasteiger charge is 2.51. The Morgan fingerprint density at radius 3 is 1.96 bits per heavy atom. The van der Waals surface area contributed by atoms with Crippen LogP contribution in [0.1, 0.15) is 121 Å². The zero-order valence-electron chi connectivity index (χ0n) is 39.1. The predicted octanol–water partition coefficient (Wildman–Crippen LogP) is 9.74. The van der Waals surface area contributed by atoms with Crippen molar-refractivity contribution in [1.29, 1.82) is 0 Å². The largest absolute Gasteiger partial charge is 0.488 e. The van der Waals surface area contributed by atoms with Crippen LogP contribution in [0.2, 0.25) is 5.15 Å². The van der Waals surface area contributed by atoms with Gasteiger partial charge in [-0.3, -0.25) is 9.59 Å². The van der Waals surface area contributed by atoms with Crippen molar-refractivity contribution in [1.82, 2.24) is 40.4 Å². The van der Waals surface area contributed by atoms with E-state index in [1.54, 1.807) is 0 Å². The number of imidazole rings is 2. The number of nitrogens with zero attached hydrogens (tertiary/aromatic N) is 4. The normalized spacial score (nSPS) is 24.6. The molecule has 0 unspecified atom stereocenters. The van der Waals surface area contributed by atoms with E-state index in [1.807, 2.05) is 49.6 Å². The Labute approximate surface area is 395 Å². The molecule has 2 saturated carbocycles. The van der Waals surface area contributed by atoms with Crippen molar-refractivity contribution in [3.05, 3.63) is 64.8 Å². The Hall–Kier alpha value is -5.83. The van der Waals surface area contributed by atoms with Gasteiger partial charge in [0.15, 0.2) is 5.15 Å². The van der Waals surface area contributed by atoms with E-state index in [9.17, 15) is 19.2 Å². The van der Waals surface area contributed by atoms with Gasteiger partial charge in [-0.15, -0.1) is 0 Å². The van der Waals surface area contributed by atoms with Crippen LogP contribution in [0.15, 0.2) is 42.5 Å². The molecule has 16 heteroatoms. The second-order valence-electron chi connectivity index (χ2n) is 19.6. The number of carbonyl (C=O) groups is 4. The molecule has 0 radical (unpaired) electrons. The van der Waals surface area contributed by atoms with Crippen molar-refractivity contribution in [2.24, 2.45) is 23.7 Å². The highest BCUT2D eigenvalue weighted by molar-refractivity contribution is 6.32. The third kappa shape index (κ3) is 7.84. The number of aromatic nitrogens is 4. The molecule has 5 heterocycles. The molecule has 0 bridgehead atoms. The van der Waals surface area contributed by atoms with Gasteiger partial charge in [0.05, 0.1) is 43.0 Å². The van der Waals surface area contributed by atoms with Crippen molar-refractivity contribution >= 4 is 57.4 Å². The minimum Gasteiger partial charge on any atom is -0.488 e.